The number of carbonyl (C=O) groups excluding carboxylic acids is 4. The van der Waals surface area contributed by atoms with E-state index in [0.29, 0.717) is 18.4 Å². The molecule has 1 aliphatic heterocycles. The number of aliphatic hydroxyl groups excluding tert-OH is 2. The Balaban J connectivity index is 1.99. The Bertz CT molecular complexity index is 1000. The molecule has 0 aromatic carbocycles. The second-order valence-corrected chi connectivity index (χ2v) is 9.28. The van der Waals surface area contributed by atoms with E-state index in [2.05, 4.69) is 6.58 Å². The van der Waals surface area contributed by atoms with E-state index in [1.807, 2.05) is 0 Å². The Labute approximate surface area is 179 Å². The lowest BCUT2D eigenvalue weighted by Gasteiger charge is -2.53. The van der Waals surface area contributed by atoms with Crippen molar-refractivity contribution in [2.45, 2.75) is 52.2 Å². The summed E-state index contributed by atoms with van der Waals surface area (Å²) >= 11 is 0. The van der Waals surface area contributed by atoms with E-state index in [1.165, 1.54) is 6.92 Å². The van der Waals surface area contributed by atoms with E-state index < -0.39 is 53.1 Å². The maximum Gasteiger partial charge on any atom is 0.338 e. The number of hydrogen-bond donors (Lipinski definition) is 2. The molecule has 8 nitrogen and oxygen atoms in total. The quantitative estimate of drug-likeness (QED) is 0.508. The van der Waals surface area contributed by atoms with Gasteiger partial charge in [-0.2, -0.15) is 0 Å². The molecule has 166 valence electrons. The summed E-state index contributed by atoms with van der Waals surface area (Å²) < 4.78 is 11.3. The van der Waals surface area contributed by atoms with Gasteiger partial charge in [-0.1, -0.05) is 13.5 Å². The number of ketones is 3. The highest BCUT2D eigenvalue weighted by Gasteiger charge is 2.63. The third kappa shape index (κ3) is 2.74. The number of cyclic esters (lactones) is 1. The van der Waals surface area contributed by atoms with Crippen molar-refractivity contribution < 1.29 is 38.9 Å². The molecule has 2 N–H and O–H groups in total. The molecule has 5 atom stereocenters. The van der Waals surface area contributed by atoms with Gasteiger partial charge in [-0.25, -0.2) is 4.79 Å². The van der Waals surface area contributed by atoms with Gasteiger partial charge >= 0.3 is 5.97 Å². The molecular formula is C23H26O8. The number of ether oxygens (including phenoxy) is 2. The largest absolute Gasteiger partial charge is 0.504 e. The molecule has 5 unspecified atom stereocenters. The van der Waals surface area contributed by atoms with Crippen LogP contribution in [-0.4, -0.2) is 59.0 Å². The molecule has 0 aromatic rings. The first-order chi connectivity index (χ1) is 14.5. The molecule has 0 bridgehead atoms. The number of carbonyl (C=O) groups is 4. The summed E-state index contributed by atoms with van der Waals surface area (Å²) in [5.41, 5.74) is -1.60. The molecule has 1 heterocycles. The number of hydrogen-bond acceptors (Lipinski definition) is 8. The third-order valence-corrected chi connectivity index (χ3v) is 7.51. The van der Waals surface area contributed by atoms with Gasteiger partial charge in [0.25, 0.3) is 0 Å². The minimum Gasteiger partial charge on any atom is -0.504 e. The highest BCUT2D eigenvalue weighted by Crippen LogP contribution is 2.62. The fourth-order valence-electron chi connectivity index (χ4n) is 5.95. The van der Waals surface area contributed by atoms with Crippen LogP contribution in [0.2, 0.25) is 0 Å². The molecule has 1 saturated carbocycles. The molecule has 0 radical (unpaired) electrons. The predicted octanol–water partition coefficient (Wildman–Crippen LogP) is 1.52. The minimum atomic E-state index is -1.29. The fraction of sp³-hybridized carbons (Fsp3) is 0.565. The fourth-order valence-corrected chi connectivity index (χ4v) is 5.95. The van der Waals surface area contributed by atoms with E-state index >= 15 is 0 Å². The van der Waals surface area contributed by atoms with E-state index in [0.717, 1.165) is 0 Å². The predicted molar refractivity (Wildman–Crippen MR) is 107 cm³/mol. The topological polar surface area (TPSA) is 127 Å². The lowest BCUT2D eigenvalue weighted by molar-refractivity contribution is -0.156. The second kappa shape index (κ2) is 6.97. The summed E-state index contributed by atoms with van der Waals surface area (Å²) in [6, 6.07) is 0. The number of fused-ring (bicyclic) bond motifs is 4. The van der Waals surface area contributed by atoms with Crippen molar-refractivity contribution in [1.82, 2.24) is 0 Å². The van der Waals surface area contributed by atoms with Gasteiger partial charge < -0.3 is 19.7 Å². The first-order valence-electron chi connectivity index (χ1n) is 10.4. The lowest BCUT2D eigenvalue weighted by Crippen LogP contribution is -2.56. The third-order valence-electron chi connectivity index (χ3n) is 7.51. The first kappa shape index (κ1) is 21.6. The van der Waals surface area contributed by atoms with E-state index in [1.54, 1.807) is 13.8 Å². The van der Waals surface area contributed by atoms with Gasteiger partial charge in [-0.3, -0.25) is 14.4 Å². The molecule has 2 fully saturated rings. The van der Waals surface area contributed by atoms with Crippen LogP contribution in [0.15, 0.2) is 34.6 Å². The van der Waals surface area contributed by atoms with Gasteiger partial charge in [0.1, 0.15) is 18.5 Å². The summed E-state index contributed by atoms with van der Waals surface area (Å²) in [7, 11) is 0. The molecule has 0 aromatic heterocycles. The van der Waals surface area contributed by atoms with Crippen LogP contribution in [0.1, 0.15) is 40.0 Å². The van der Waals surface area contributed by atoms with Crippen LogP contribution in [-0.2, 0) is 28.7 Å². The molecule has 0 spiro atoms. The average Bonchev–Trinajstić information content (AvgIpc) is 3.00. The average molecular weight is 430 g/mol. The first-order valence-corrected chi connectivity index (χ1v) is 10.4. The van der Waals surface area contributed by atoms with Gasteiger partial charge in [0.05, 0.1) is 23.7 Å². The smallest absolute Gasteiger partial charge is 0.338 e. The summed E-state index contributed by atoms with van der Waals surface area (Å²) in [6.45, 7) is 7.75. The molecule has 4 rings (SSSR count). The summed E-state index contributed by atoms with van der Waals surface area (Å²) in [4.78, 5) is 50.2. The van der Waals surface area contributed by atoms with Crippen LogP contribution < -0.4 is 0 Å². The maximum absolute atomic E-state index is 13.4. The molecule has 3 aliphatic carbocycles. The summed E-state index contributed by atoms with van der Waals surface area (Å²) in [5, 5.41) is 21.0. The van der Waals surface area contributed by atoms with Crippen LogP contribution in [0, 0.1) is 16.7 Å². The van der Waals surface area contributed by atoms with E-state index in [-0.39, 0.29) is 41.3 Å². The highest BCUT2D eigenvalue weighted by atomic mass is 16.6. The van der Waals surface area contributed by atoms with Crippen LogP contribution in [0.5, 0.6) is 0 Å². The van der Waals surface area contributed by atoms with Crippen molar-refractivity contribution in [3.8, 4) is 0 Å². The van der Waals surface area contributed by atoms with E-state index in [4.69, 9.17) is 9.47 Å². The van der Waals surface area contributed by atoms with Crippen LogP contribution in [0.25, 0.3) is 0 Å². The summed E-state index contributed by atoms with van der Waals surface area (Å²) in [5.74, 6) is -2.77. The number of aliphatic hydroxyl groups is 2. The lowest BCUT2D eigenvalue weighted by atomic mass is 9.53. The van der Waals surface area contributed by atoms with Crippen LogP contribution in [0.4, 0.5) is 0 Å². The second-order valence-electron chi connectivity index (χ2n) is 9.28. The molecule has 31 heavy (non-hydrogen) atoms. The highest BCUT2D eigenvalue weighted by molar-refractivity contribution is 6.13. The standard InChI is InChI=1S/C23H26O8/c1-10(25)9-30-13-7-22(3)12(5-6-14(22)26)16-18(13)23(4)15(8-24)31-21(29)11(2)17(23)20(28)19(16)27/h12-13,15,24,28H,2,5-9H2,1,3-4H3. The summed E-state index contributed by atoms with van der Waals surface area (Å²) in [6.07, 6.45) is -0.909. The zero-order valence-electron chi connectivity index (χ0n) is 17.8. The Hall–Kier alpha value is -2.58. The molecule has 4 aliphatic rings. The zero-order chi connectivity index (χ0) is 22.9. The molecular weight excluding hydrogens is 404 g/mol. The number of Topliss-reactive ketones (excluding diaryl/α,β-unsaturated/α-hetero) is 3. The Morgan fingerprint density at radius 1 is 1.29 bits per heavy atom. The molecule has 8 heteroatoms. The number of esters is 1. The maximum atomic E-state index is 13.4. The molecule has 0 amide bonds. The Morgan fingerprint density at radius 3 is 2.58 bits per heavy atom. The van der Waals surface area contributed by atoms with Gasteiger partial charge in [-0.15, -0.1) is 0 Å². The van der Waals surface area contributed by atoms with Gasteiger partial charge in [-0.05, 0) is 32.3 Å². The SMILES string of the molecule is C=C1C(=O)OC(CO)C2(C)C1=C(O)C(=O)C1=C2C(OCC(C)=O)CC2(C)C(=O)CCC12. The zero-order valence-corrected chi connectivity index (χ0v) is 17.8. The Morgan fingerprint density at radius 2 is 1.97 bits per heavy atom. The Kier molecular flexibility index (Phi) is 4.86. The van der Waals surface area contributed by atoms with Gasteiger partial charge in [0.15, 0.2) is 11.5 Å². The number of rotatable bonds is 4. The minimum absolute atomic E-state index is 0.00545. The van der Waals surface area contributed by atoms with Crippen molar-refractivity contribution in [2.75, 3.05) is 13.2 Å². The van der Waals surface area contributed by atoms with Crippen LogP contribution in [0.3, 0.4) is 0 Å². The van der Waals surface area contributed by atoms with Crippen molar-refractivity contribution in [3.05, 3.63) is 34.6 Å². The number of allylic oxidation sites excluding steroid dienone is 1. The molecule has 1 saturated heterocycles. The van der Waals surface area contributed by atoms with Gasteiger partial charge in [0, 0.05) is 28.9 Å². The van der Waals surface area contributed by atoms with Crippen molar-refractivity contribution in [1.29, 1.82) is 0 Å². The van der Waals surface area contributed by atoms with Crippen LogP contribution >= 0.6 is 0 Å². The van der Waals surface area contributed by atoms with E-state index in [9.17, 15) is 29.4 Å². The normalized spacial score (nSPS) is 37.5. The van der Waals surface area contributed by atoms with Crippen molar-refractivity contribution >= 4 is 23.3 Å². The van der Waals surface area contributed by atoms with Crippen molar-refractivity contribution in [3.63, 3.8) is 0 Å². The van der Waals surface area contributed by atoms with Crippen molar-refractivity contribution in [2.24, 2.45) is 16.7 Å². The van der Waals surface area contributed by atoms with Gasteiger partial charge in [0.2, 0.25) is 5.78 Å². The monoisotopic (exact) mass is 430 g/mol.